The molecule has 102 valence electrons. The van der Waals surface area contributed by atoms with Gasteiger partial charge in [-0.15, -0.1) is 0 Å². The number of nitrogens with one attached hydrogen (secondary N) is 1. The van der Waals surface area contributed by atoms with E-state index >= 15 is 0 Å². The monoisotopic (exact) mass is 256 g/mol. The Hall–Kier alpha value is -1.00. The van der Waals surface area contributed by atoms with Gasteiger partial charge in [0.05, 0.1) is 6.54 Å². The maximum Gasteiger partial charge on any atom is 0.251 e. The first-order valence-corrected chi connectivity index (χ1v) is 6.23. The third-order valence-electron chi connectivity index (χ3n) is 3.04. The summed E-state index contributed by atoms with van der Waals surface area (Å²) in [5.74, 6) is 0. The van der Waals surface area contributed by atoms with Gasteiger partial charge in [0.2, 0.25) is 0 Å². The molecule has 0 radical (unpaired) electrons. The van der Waals surface area contributed by atoms with E-state index in [1.807, 2.05) is 13.1 Å². The number of alkyl halides is 2. The van der Waals surface area contributed by atoms with Gasteiger partial charge in [0.25, 0.3) is 6.43 Å². The predicted molar refractivity (Wildman–Crippen MR) is 71.1 cm³/mol. The Morgan fingerprint density at radius 3 is 2.61 bits per heavy atom. The first-order valence-electron chi connectivity index (χ1n) is 6.23. The number of rotatable bonds is 7. The van der Waals surface area contributed by atoms with Crippen LogP contribution in [0.2, 0.25) is 0 Å². The van der Waals surface area contributed by atoms with Gasteiger partial charge in [-0.25, -0.2) is 8.78 Å². The van der Waals surface area contributed by atoms with Crippen LogP contribution in [0.15, 0.2) is 24.3 Å². The van der Waals surface area contributed by atoms with E-state index in [-0.39, 0.29) is 12.6 Å². The molecule has 0 aromatic heterocycles. The SMILES string of the molecule is CNC(CCN(C)CC(F)F)c1cccc(C)c1. The second-order valence-corrected chi connectivity index (χ2v) is 4.70. The van der Waals surface area contributed by atoms with Crippen molar-refractivity contribution < 1.29 is 8.78 Å². The summed E-state index contributed by atoms with van der Waals surface area (Å²) in [5.41, 5.74) is 2.43. The van der Waals surface area contributed by atoms with Crippen LogP contribution in [-0.2, 0) is 0 Å². The lowest BCUT2D eigenvalue weighted by molar-refractivity contribution is 0.0986. The Balaban J connectivity index is 2.52. The smallest absolute Gasteiger partial charge is 0.251 e. The number of benzene rings is 1. The average molecular weight is 256 g/mol. The molecule has 0 bridgehead atoms. The lowest BCUT2D eigenvalue weighted by Crippen LogP contribution is -2.29. The van der Waals surface area contributed by atoms with E-state index in [2.05, 4.69) is 30.4 Å². The Labute approximate surface area is 108 Å². The van der Waals surface area contributed by atoms with E-state index in [0.717, 1.165) is 6.42 Å². The quantitative estimate of drug-likeness (QED) is 0.807. The predicted octanol–water partition coefficient (Wildman–Crippen LogP) is 2.84. The topological polar surface area (TPSA) is 15.3 Å². The highest BCUT2D eigenvalue weighted by atomic mass is 19.3. The lowest BCUT2D eigenvalue weighted by Gasteiger charge is -2.21. The van der Waals surface area contributed by atoms with E-state index in [4.69, 9.17) is 0 Å². The Kier molecular flexibility index (Phi) is 6.22. The highest BCUT2D eigenvalue weighted by Gasteiger charge is 2.12. The van der Waals surface area contributed by atoms with Crippen LogP contribution in [-0.4, -0.2) is 38.5 Å². The molecule has 18 heavy (non-hydrogen) atoms. The van der Waals surface area contributed by atoms with Gasteiger partial charge in [-0.1, -0.05) is 29.8 Å². The minimum absolute atomic E-state index is 0.162. The zero-order valence-electron chi connectivity index (χ0n) is 11.3. The summed E-state index contributed by atoms with van der Waals surface area (Å²) in [7, 11) is 3.63. The minimum atomic E-state index is -2.26. The molecule has 0 heterocycles. The molecule has 4 heteroatoms. The van der Waals surface area contributed by atoms with Crippen LogP contribution in [0, 0.1) is 6.92 Å². The summed E-state index contributed by atoms with van der Waals surface area (Å²) < 4.78 is 24.4. The number of hydrogen-bond acceptors (Lipinski definition) is 2. The van der Waals surface area contributed by atoms with E-state index in [1.165, 1.54) is 11.1 Å². The lowest BCUT2D eigenvalue weighted by atomic mass is 10.0. The highest BCUT2D eigenvalue weighted by molar-refractivity contribution is 5.25. The van der Waals surface area contributed by atoms with Crippen LogP contribution in [0.1, 0.15) is 23.6 Å². The maximum absolute atomic E-state index is 12.2. The van der Waals surface area contributed by atoms with E-state index in [1.54, 1.807) is 11.9 Å². The molecule has 2 nitrogen and oxygen atoms in total. The summed E-state index contributed by atoms with van der Waals surface area (Å²) in [5, 5.41) is 3.24. The van der Waals surface area contributed by atoms with Crippen LogP contribution >= 0.6 is 0 Å². The molecule has 1 aromatic carbocycles. The summed E-state index contributed by atoms with van der Waals surface area (Å²) in [6.45, 7) is 2.55. The van der Waals surface area contributed by atoms with Crippen LogP contribution in [0.5, 0.6) is 0 Å². The summed E-state index contributed by atoms with van der Waals surface area (Å²) >= 11 is 0. The van der Waals surface area contributed by atoms with Crippen molar-refractivity contribution in [3.05, 3.63) is 35.4 Å². The summed E-state index contributed by atoms with van der Waals surface area (Å²) in [6, 6.07) is 8.50. The van der Waals surface area contributed by atoms with Crippen LogP contribution in [0.3, 0.4) is 0 Å². The molecule has 1 rings (SSSR count). The molecule has 1 atom stereocenters. The van der Waals surface area contributed by atoms with Crippen molar-refractivity contribution in [3.63, 3.8) is 0 Å². The number of halogens is 2. The third kappa shape index (κ3) is 5.10. The largest absolute Gasteiger partial charge is 0.313 e. The molecule has 0 amide bonds. The van der Waals surface area contributed by atoms with Gasteiger partial charge in [-0.05, 0) is 39.5 Å². The van der Waals surface area contributed by atoms with Gasteiger partial charge in [0.1, 0.15) is 0 Å². The third-order valence-corrected chi connectivity index (χ3v) is 3.04. The zero-order chi connectivity index (χ0) is 13.5. The first-order chi connectivity index (χ1) is 8.52. The molecule has 0 spiro atoms. The van der Waals surface area contributed by atoms with E-state index < -0.39 is 6.43 Å². The van der Waals surface area contributed by atoms with Crippen molar-refractivity contribution in [2.24, 2.45) is 0 Å². The standard InChI is InChI=1S/C14H22F2N2/c1-11-5-4-6-12(9-11)13(17-2)7-8-18(3)10-14(15)16/h4-6,9,13-14,17H,7-8,10H2,1-3H3. The highest BCUT2D eigenvalue weighted by Crippen LogP contribution is 2.17. The number of aryl methyl sites for hydroxylation is 1. The second-order valence-electron chi connectivity index (χ2n) is 4.70. The minimum Gasteiger partial charge on any atom is -0.313 e. The molecular formula is C14H22F2N2. The zero-order valence-corrected chi connectivity index (χ0v) is 11.3. The normalized spacial score (nSPS) is 13.3. The number of hydrogen-bond donors (Lipinski definition) is 1. The van der Waals surface area contributed by atoms with Gasteiger partial charge in [0.15, 0.2) is 0 Å². The first kappa shape index (κ1) is 15.1. The molecular weight excluding hydrogens is 234 g/mol. The summed E-state index contributed by atoms with van der Waals surface area (Å²) in [6.07, 6.45) is -1.44. The number of nitrogens with zero attached hydrogens (tertiary/aromatic N) is 1. The second kappa shape index (κ2) is 7.44. The average Bonchev–Trinajstić information content (AvgIpc) is 2.29. The fraction of sp³-hybridized carbons (Fsp3) is 0.571. The van der Waals surface area contributed by atoms with Gasteiger partial charge in [-0.3, -0.25) is 0 Å². The van der Waals surface area contributed by atoms with Crippen molar-refractivity contribution in [2.45, 2.75) is 25.8 Å². The molecule has 1 unspecified atom stereocenters. The molecule has 0 saturated carbocycles. The maximum atomic E-state index is 12.2. The van der Waals surface area contributed by atoms with E-state index in [0.29, 0.717) is 6.54 Å². The van der Waals surface area contributed by atoms with Crippen molar-refractivity contribution in [2.75, 3.05) is 27.2 Å². The Bertz CT molecular complexity index is 355. The fourth-order valence-electron chi connectivity index (χ4n) is 2.04. The van der Waals surface area contributed by atoms with Crippen molar-refractivity contribution in [1.29, 1.82) is 0 Å². The van der Waals surface area contributed by atoms with E-state index in [9.17, 15) is 8.78 Å². The van der Waals surface area contributed by atoms with Gasteiger partial charge < -0.3 is 10.2 Å². The Morgan fingerprint density at radius 1 is 1.33 bits per heavy atom. The van der Waals surface area contributed by atoms with Crippen molar-refractivity contribution in [3.8, 4) is 0 Å². The van der Waals surface area contributed by atoms with Crippen molar-refractivity contribution >= 4 is 0 Å². The molecule has 1 N–H and O–H groups in total. The van der Waals surface area contributed by atoms with Crippen molar-refractivity contribution in [1.82, 2.24) is 10.2 Å². The molecule has 0 fully saturated rings. The molecule has 0 aliphatic carbocycles. The van der Waals surface area contributed by atoms with Gasteiger partial charge in [-0.2, -0.15) is 0 Å². The van der Waals surface area contributed by atoms with Crippen LogP contribution < -0.4 is 5.32 Å². The van der Waals surface area contributed by atoms with Crippen LogP contribution in [0.25, 0.3) is 0 Å². The molecule has 0 aliphatic heterocycles. The van der Waals surface area contributed by atoms with Crippen LogP contribution in [0.4, 0.5) is 8.78 Å². The fourth-order valence-corrected chi connectivity index (χ4v) is 2.04. The summed E-state index contributed by atoms with van der Waals surface area (Å²) in [4.78, 5) is 1.67. The van der Waals surface area contributed by atoms with Gasteiger partial charge >= 0.3 is 0 Å². The molecule has 0 aliphatic rings. The molecule has 1 aromatic rings. The van der Waals surface area contributed by atoms with Gasteiger partial charge in [0, 0.05) is 6.04 Å². The Morgan fingerprint density at radius 2 is 2.06 bits per heavy atom. The molecule has 0 saturated heterocycles.